The van der Waals surface area contributed by atoms with Gasteiger partial charge in [-0.15, -0.1) is 0 Å². The lowest BCUT2D eigenvalue weighted by Crippen LogP contribution is -2.68. The van der Waals surface area contributed by atoms with Crippen molar-refractivity contribution in [1.82, 2.24) is 10.6 Å². The number of amides is 2. The first-order chi connectivity index (χ1) is 10.3. The summed E-state index contributed by atoms with van der Waals surface area (Å²) in [6, 6.07) is 8.55. The summed E-state index contributed by atoms with van der Waals surface area (Å²) in [5.41, 5.74) is 0.987. The van der Waals surface area contributed by atoms with Gasteiger partial charge in [-0.25, -0.2) is 4.79 Å². The highest BCUT2D eigenvalue weighted by atomic mass is 35.6. The van der Waals surface area contributed by atoms with Crippen LogP contribution in [0.3, 0.4) is 0 Å². The molecule has 1 fully saturated rings. The molecule has 1 aliphatic heterocycles. The van der Waals surface area contributed by atoms with Crippen molar-refractivity contribution in [2.24, 2.45) is 0 Å². The van der Waals surface area contributed by atoms with Crippen LogP contribution in [0.5, 0.6) is 0 Å². The molecule has 1 heterocycles. The van der Waals surface area contributed by atoms with Crippen LogP contribution < -0.4 is 10.6 Å². The van der Waals surface area contributed by atoms with Crippen molar-refractivity contribution in [1.29, 1.82) is 0 Å². The Kier molecular flexibility index (Phi) is 5.56. The number of carbonyl (C=O) groups is 2. The molecule has 0 bridgehead atoms. The SMILES string of the molecule is O=C(NC1C(=O)NC1C=Cc1ccccc1)OCC(Cl)(Cl)Cl. The highest BCUT2D eigenvalue weighted by Gasteiger charge is 2.39. The van der Waals surface area contributed by atoms with Crippen LogP contribution in [0.2, 0.25) is 0 Å². The van der Waals surface area contributed by atoms with Crippen LogP contribution in [-0.2, 0) is 9.53 Å². The number of carbonyl (C=O) groups excluding carboxylic acids is 2. The summed E-state index contributed by atoms with van der Waals surface area (Å²) in [5, 5.41) is 5.09. The fourth-order valence-electron chi connectivity index (χ4n) is 1.81. The predicted molar refractivity (Wildman–Crippen MR) is 86.0 cm³/mol. The topological polar surface area (TPSA) is 67.4 Å². The van der Waals surface area contributed by atoms with Crippen molar-refractivity contribution >= 4 is 52.9 Å². The molecule has 1 aromatic carbocycles. The normalized spacial score (nSPS) is 21.1. The second-order valence-electron chi connectivity index (χ2n) is 4.62. The minimum Gasteiger partial charge on any atom is -0.445 e. The Morgan fingerprint density at radius 2 is 2.00 bits per heavy atom. The molecule has 2 N–H and O–H groups in total. The second-order valence-corrected chi connectivity index (χ2v) is 7.13. The average Bonchev–Trinajstić information content (AvgIpc) is 2.47. The molecule has 0 aromatic heterocycles. The molecule has 8 heteroatoms. The van der Waals surface area contributed by atoms with Gasteiger partial charge in [-0.2, -0.15) is 0 Å². The van der Waals surface area contributed by atoms with Gasteiger partial charge in [-0.3, -0.25) is 4.79 Å². The van der Waals surface area contributed by atoms with Crippen molar-refractivity contribution in [3.8, 4) is 0 Å². The fraction of sp³-hybridized carbons (Fsp3) is 0.286. The number of benzene rings is 1. The highest BCUT2D eigenvalue weighted by Crippen LogP contribution is 2.25. The summed E-state index contributed by atoms with van der Waals surface area (Å²) in [5.74, 6) is -0.298. The number of ether oxygens (including phenoxy) is 1. The monoisotopic (exact) mass is 362 g/mol. The standard InChI is InChI=1S/C14H13Cl3N2O3/c15-14(16,17)8-22-13(21)19-11-10(18-12(11)20)7-6-9-4-2-1-3-5-9/h1-7,10-11H,8H2,(H,18,20)(H,19,21). The lowest BCUT2D eigenvalue weighted by Gasteiger charge is -2.34. The summed E-state index contributed by atoms with van der Waals surface area (Å²) < 4.78 is 3.03. The van der Waals surface area contributed by atoms with Gasteiger partial charge in [-0.05, 0) is 5.56 Å². The van der Waals surface area contributed by atoms with Crippen LogP contribution in [-0.4, -0.2) is 34.5 Å². The molecule has 1 aromatic rings. The van der Waals surface area contributed by atoms with E-state index < -0.39 is 22.5 Å². The lowest BCUT2D eigenvalue weighted by molar-refractivity contribution is -0.130. The van der Waals surface area contributed by atoms with E-state index in [1.807, 2.05) is 36.4 Å². The number of nitrogens with one attached hydrogen (secondary N) is 2. The van der Waals surface area contributed by atoms with Crippen LogP contribution in [0.15, 0.2) is 36.4 Å². The maximum atomic E-state index is 11.5. The predicted octanol–water partition coefficient (Wildman–Crippen LogP) is 2.66. The Labute approximate surface area is 142 Å². The van der Waals surface area contributed by atoms with Crippen molar-refractivity contribution in [3.05, 3.63) is 42.0 Å². The second kappa shape index (κ2) is 7.22. The van der Waals surface area contributed by atoms with E-state index in [9.17, 15) is 9.59 Å². The Balaban J connectivity index is 1.86. The third-order valence-corrected chi connectivity index (χ3v) is 3.21. The Hall–Kier alpha value is -1.43. The minimum absolute atomic E-state index is 0.298. The van der Waals surface area contributed by atoms with Gasteiger partial charge in [0.2, 0.25) is 9.70 Å². The van der Waals surface area contributed by atoms with Gasteiger partial charge in [0.05, 0.1) is 6.04 Å². The van der Waals surface area contributed by atoms with E-state index in [0.717, 1.165) is 5.56 Å². The maximum absolute atomic E-state index is 11.5. The fourth-order valence-corrected chi connectivity index (χ4v) is 1.98. The van der Waals surface area contributed by atoms with Gasteiger partial charge in [0.15, 0.2) is 0 Å². The van der Waals surface area contributed by atoms with Crippen LogP contribution in [0.1, 0.15) is 5.56 Å². The molecule has 0 radical (unpaired) electrons. The van der Waals surface area contributed by atoms with Gasteiger partial charge < -0.3 is 15.4 Å². The number of β-lactam (4-membered cyclic amide) rings is 1. The molecule has 118 valence electrons. The summed E-state index contributed by atoms with van der Waals surface area (Å²) in [4.78, 5) is 23.0. The zero-order valence-corrected chi connectivity index (χ0v) is 13.5. The number of alkyl carbamates (subject to hydrolysis) is 1. The van der Waals surface area contributed by atoms with Gasteiger partial charge >= 0.3 is 6.09 Å². The number of hydrogen-bond donors (Lipinski definition) is 2. The van der Waals surface area contributed by atoms with E-state index in [4.69, 9.17) is 39.5 Å². The first kappa shape index (κ1) is 16.9. The number of alkyl halides is 3. The number of halogens is 3. The highest BCUT2D eigenvalue weighted by molar-refractivity contribution is 6.67. The van der Waals surface area contributed by atoms with Crippen LogP contribution in [0, 0.1) is 0 Å². The van der Waals surface area contributed by atoms with Crippen molar-refractivity contribution in [2.75, 3.05) is 6.61 Å². The quantitative estimate of drug-likeness (QED) is 0.638. The van der Waals surface area contributed by atoms with Crippen LogP contribution in [0.25, 0.3) is 6.08 Å². The van der Waals surface area contributed by atoms with E-state index in [2.05, 4.69) is 10.6 Å². The first-order valence-electron chi connectivity index (χ1n) is 6.39. The van der Waals surface area contributed by atoms with E-state index in [1.54, 1.807) is 6.08 Å². The molecule has 5 nitrogen and oxygen atoms in total. The third kappa shape index (κ3) is 5.09. The Morgan fingerprint density at radius 3 is 2.59 bits per heavy atom. The average molecular weight is 364 g/mol. The van der Waals surface area contributed by atoms with Crippen molar-refractivity contribution in [2.45, 2.75) is 15.9 Å². The molecule has 1 saturated heterocycles. The van der Waals surface area contributed by atoms with Crippen molar-refractivity contribution < 1.29 is 14.3 Å². The van der Waals surface area contributed by atoms with Gasteiger partial charge in [0.1, 0.15) is 12.6 Å². The molecule has 2 rings (SSSR count). The smallest absolute Gasteiger partial charge is 0.408 e. The molecule has 1 aliphatic rings. The Morgan fingerprint density at radius 1 is 1.32 bits per heavy atom. The van der Waals surface area contributed by atoms with Crippen LogP contribution in [0.4, 0.5) is 4.79 Å². The summed E-state index contributed by atoms with van der Waals surface area (Å²) in [6.07, 6.45) is 2.83. The molecule has 22 heavy (non-hydrogen) atoms. The van der Waals surface area contributed by atoms with E-state index >= 15 is 0 Å². The van der Waals surface area contributed by atoms with E-state index in [-0.39, 0.29) is 11.9 Å². The molecule has 0 aliphatic carbocycles. The Bertz CT molecular complexity index is 572. The summed E-state index contributed by atoms with van der Waals surface area (Å²) >= 11 is 16.4. The van der Waals surface area contributed by atoms with Gasteiger partial charge in [0, 0.05) is 0 Å². The molecule has 2 unspecified atom stereocenters. The van der Waals surface area contributed by atoms with Crippen LogP contribution >= 0.6 is 34.8 Å². The molecule has 2 atom stereocenters. The van der Waals surface area contributed by atoms with Gasteiger partial charge in [0.25, 0.3) is 0 Å². The minimum atomic E-state index is -1.69. The summed E-state index contributed by atoms with van der Waals surface area (Å²) in [6.45, 7) is -0.400. The van der Waals surface area contributed by atoms with Gasteiger partial charge in [-0.1, -0.05) is 77.3 Å². The molecular weight excluding hydrogens is 351 g/mol. The van der Waals surface area contributed by atoms with Crippen molar-refractivity contribution in [3.63, 3.8) is 0 Å². The zero-order valence-electron chi connectivity index (χ0n) is 11.3. The van der Waals surface area contributed by atoms with E-state index in [1.165, 1.54) is 0 Å². The number of rotatable bonds is 4. The summed E-state index contributed by atoms with van der Waals surface area (Å²) in [7, 11) is 0. The third-order valence-electron chi connectivity index (χ3n) is 2.89. The lowest BCUT2D eigenvalue weighted by atomic mass is 9.98. The molecule has 0 saturated carbocycles. The maximum Gasteiger partial charge on any atom is 0.408 e. The number of hydrogen-bond acceptors (Lipinski definition) is 3. The largest absolute Gasteiger partial charge is 0.445 e. The first-order valence-corrected chi connectivity index (χ1v) is 7.52. The molecular formula is C14H13Cl3N2O3. The molecule has 0 spiro atoms. The molecule has 2 amide bonds. The van der Waals surface area contributed by atoms with E-state index in [0.29, 0.717) is 0 Å². The zero-order chi connectivity index (χ0) is 16.2.